The molecule has 0 bridgehead atoms. The molecular formula is C12H16ClN3OS. The van der Waals surface area contributed by atoms with E-state index in [0.29, 0.717) is 5.92 Å². The molecule has 1 unspecified atom stereocenters. The fraction of sp³-hybridized carbons (Fsp3) is 0.500. The first-order valence-electron chi connectivity index (χ1n) is 5.96. The van der Waals surface area contributed by atoms with E-state index >= 15 is 0 Å². The number of nitrogens with zero attached hydrogens (tertiary/aromatic N) is 2. The van der Waals surface area contributed by atoms with Crippen LogP contribution in [0.4, 0.5) is 5.82 Å². The number of nitrogens with one attached hydrogen (secondary N) is 1. The Labute approximate surface area is 115 Å². The first kappa shape index (κ1) is 13.5. The largest absolute Gasteiger partial charge is 0.396 e. The maximum Gasteiger partial charge on any atom is 0.225 e. The summed E-state index contributed by atoms with van der Waals surface area (Å²) in [5, 5.41) is 15.5. The van der Waals surface area contributed by atoms with Crippen LogP contribution in [0.1, 0.15) is 19.8 Å². The van der Waals surface area contributed by atoms with E-state index in [2.05, 4.69) is 15.3 Å². The monoisotopic (exact) mass is 285 g/mol. The molecule has 98 valence electrons. The Hall–Kier alpha value is -0.910. The second kappa shape index (κ2) is 6.31. The molecule has 4 nitrogen and oxygen atoms in total. The minimum atomic E-state index is 0.244. The highest BCUT2D eigenvalue weighted by atomic mass is 35.5. The number of aliphatic hydroxyl groups excluding tert-OH is 1. The van der Waals surface area contributed by atoms with Crippen molar-refractivity contribution in [2.24, 2.45) is 5.92 Å². The average Bonchev–Trinajstić information content (AvgIpc) is 2.81. The van der Waals surface area contributed by atoms with Crippen LogP contribution < -0.4 is 5.32 Å². The van der Waals surface area contributed by atoms with Gasteiger partial charge in [-0.3, -0.25) is 0 Å². The van der Waals surface area contributed by atoms with Crippen LogP contribution in [-0.4, -0.2) is 28.2 Å². The van der Waals surface area contributed by atoms with Crippen molar-refractivity contribution >= 4 is 39.0 Å². The summed E-state index contributed by atoms with van der Waals surface area (Å²) in [6.07, 6.45) is 1.99. The van der Waals surface area contributed by atoms with Gasteiger partial charge in [-0.25, -0.2) is 9.97 Å². The summed E-state index contributed by atoms with van der Waals surface area (Å²) < 4.78 is 0. The lowest BCUT2D eigenvalue weighted by Gasteiger charge is -2.09. The van der Waals surface area contributed by atoms with Crippen LogP contribution in [0.2, 0.25) is 5.28 Å². The fourth-order valence-corrected chi connectivity index (χ4v) is 2.70. The topological polar surface area (TPSA) is 58.0 Å². The normalized spacial score (nSPS) is 12.8. The van der Waals surface area contributed by atoms with Crippen molar-refractivity contribution < 1.29 is 5.11 Å². The molecule has 0 saturated heterocycles. The molecular weight excluding hydrogens is 270 g/mol. The Morgan fingerprint density at radius 1 is 1.50 bits per heavy atom. The summed E-state index contributed by atoms with van der Waals surface area (Å²) in [6, 6.07) is 2.00. The van der Waals surface area contributed by atoms with Crippen molar-refractivity contribution in [3.8, 4) is 0 Å². The highest BCUT2D eigenvalue weighted by molar-refractivity contribution is 7.16. The molecule has 0 aromatic carbocycles. The van der Waals surface area contributed by atoms with Gasteiger partial charge in [0.25, 0.3) is 0 Å². The number of anilines is 1. The van der Waals surface area contributed by atoms with E-state index in [4.69, 9.17) is 16.7 Å². The molecule has 2 rings (SSSR count). The van der Waals surface area contributed by atoms with Crippen molar-refractivity contribution in [1.82, 2.24) is 9.97 Å². The first-order chi connectivity index (χ1) is 8.70. The number of aromatic nitrogens is 2. The minimum absolute atomic E-state index is 0.244. The molecule has 2 N–H and O–H groups in total. The maximum atomic E-state index is 8.94. The summed E-state index contributed by atoms with van der Waals surface area (Å²) in [7, 11) is 0. The van der Waals surface area contributed by atoms with Crippen LogP contribution in [0.5, 0.6) is 0 Å². The molecule has 0 saturated carbocycles. The Morgan fingerprint density at radius 3 is 3.11 bits per heavy atom. The lowest BCUT2D eigenvalue weighted by molar-refractivity contribution is 0.229. The SMILES string of the molecule is CC(CO)CCCNc1nc(Cl)nc2sccc12. The van der Waals surface area contributed by atoms with Gasteiger partial charge in [-0.1, -0.05) is 6.92 Å². The van der Waals surface area contributed by atoms with Gasteiger partial charge in [0.05, 0.1) is 5.39 Å². The van der Waals surface area contributed by atoms with Crippen LogP contribution in [0.3, 0.4) is 0 Å². The molecule has 2 aromatic rings. The Kier molecular flexibility index (Phi) is 4.74. The molecule has 0 fully saturated rings. The zero-order valence-electron chi connectivity index (χ0n) is 10.2. The van der Waals surface area contributed by atoms with Crippen LogP contribution in [-0.2, 0) is 0 Å². The van der Waals surface area contributed by atoms with Gasteiger partial charge in [0.2, 0.25) is 5.28 Å². The molecule has 1 atom stereocenters. The van der Waals surface area contributed by atoms with Crippen LogP contribution >= 0.6 is 22.9 Å². The van der Waals surface area contributed by atoms with Gasteiger partial charge in [-0.05, 0) is 41.8 Å². The van der Waals surface area contributed by atoms with E-state index in [1.807, 2.05) is 18.4 Å². The molecule has 2 heterocycles. The lowest BCUT2D eigenvalue weighted by atomic mass is 10.1. The van der Waals surface area contributed by atoms with Gasteiger partial charge in [-0.2, -0.15) is 0 Å². The van der Waals surface area contributed by atoms with Crippen molar-refractivity contribution in [2.75, 3.05) is 18.5 Å². The molecule has 2 aromatic heterocycles. The quantitative estimate of drug-likeness (QED) is 0.632. The Morgan fingerprint density at radius 2 is 2.33 bits per heavy atom. The zero-order chi connectivity index (χ0) is 13.0. The Balaban J connectivity index is 1.97. The molecule has 6 heteroatoms. The highest BCUT2D eigenvalue weighted by Crippen LogP contribution is 2.26. The van der Waals surface area contributed by atoms with E-state index < -0.39 is 0 Å². The number of hydrogen-bond acceptors (Lipinski definition) is 5. The third-order valence-corrected chi connectivity index (χ3v) is 3.75. The van der Waals surface area contributed by atoms with E-state index in [-0.39, 0.29) is 11.9 Å². The Bertz CT molecular complexity index is 517. The van der Waals surface area contributed by atoms with Gasteiger partial charge >= 0.3 is 0 Å². The number of aliphatic hydroxyl groups is 1. The van der Waals surface area contributed by atoms with Crippen LogP contribution in [0.25, 0.3) is 10.2 Å². The van der Waals surface area contributed by atoms with Crippen LogP contribution in [0, 0.1) is 5.92 Å². The van der Waals surface area contributed by atoms with E-state index in [1.54, 1.807) is 11.3 Å². The van der Waals surface area contributed by atoms with Crippen molar-refractivity contribution in [1.29, 1.82) is 0 Å². The summed E-state index contributed by atoms with van der Waals surface area (Å²) in [5.74, 6) is 1.14. The van der Waals surface area contributed by atoms with E-state index in [9.17, 15) is 0 Å². The molecule has 0 aliphatic heterocycles. The predicted molar refractivity (Wildman–Crippen MR) is 76.4 cm³/mol. The standard InChI is InChI=1S/C12H16ClN3OS/c1-8(7-17)3-2-5-14-10-9-4-6-18-11(9)16-12(13)15-10/h4,6,8,17H,2-3,5,7H2,1H3,(H,14,15,16). The second-order valence-corrected chi connectivity index (χ2v) is 5.57. The summed E-state index contributed by atoms with van der Waals surface area (Å²) in [6.45, 7) is 3.11. The summed E-state index contributed by atoms with van der Waals surface area (Å²) >= 11 is 7.43. The molecule has 0 radical (unpaired) electrons. The van der Waals surface area contributed by atoms with Gasteiger partial charge in [0.15, 0.2) is 0 Å². The van der Waals surface area contributed by atoms with Gasteiger partial charge in [0, 0.05) is 13.2 Å². The lowest BCUT2D eigenvalue weighted by Crippen LogP contribution is -2.07. The highest BCUT2D eigenvalue weighted by Gasteiger charge is 2.07. The predicted octanol–water partition coefficient (Wildman–Crippen LogP) is 3.17. The van der Waals surface area contributed by atoms with Gasteiger partial charge in [-0.15, -0.1) is 11.3 Å². The number of thiophene rings is 1. The summed E-state index contributed by atoms with van der Waals surface area (Å²) in [5.41, 5.74) is 0. The number of hydrogen-bond donors (Lipinski definition) is 2. The van der Waals surface area contributed by atoms with E-state index in [1.165, 1.54) is 0 Å². The second-order valence-electron chi connectivity index (χ2n) is 4.34. The van der Waals surface area contributed by atoms with E-state index in [0.717, 1.165) is 35.4 Å². The summed E-state index contributed by atoms with van der Waals surface area (Å²) in [4.78, 5) is 9.28. The van der Waals surface area contributed by atoms with Crippen molar-refractivity contribution in [2.45, 2.75) is 19.8 Å². The molecule has 18 heavy (non-hydrogen) atoms. The number of fused-ring (bicyclic) bond motifs is 1. The number of halogens is 1. The van der Waals surface area contributed by atoms with Gasteiger partial charge in [0.1, 0.15) is 10.6 Å². The average molecular weight is 286 g/mol. The maximum absolute atomic E-state index is 8.94. The molecule has 0 spiro atoms. The van der Waals surface area contributed by atoms with Crippen molar-refractivity contribution in [3.05, 3.63) is 16.7 Å². The van der Waals surface area contributed by atoms with Crippen molar-refractivity contribution in [3.63, 3.8) is 0 Å². The third-order valence-electron chi connectivity index (χ3n) is 2.78. The molecule has 0 aliphatic rings. The third kappa shape index (κ3) is 3.31. The number of rotatable bonds is 6. The smallest absolute Gasteiger partial charge is 0.225 e. The van der Waals surface area contributed by atoms with Gasteiger partial charge < -0.3 is 10.4 Å². The zero-order valence-corrected chi connectivity index (χ0v) is 11.8. The fourth-order valence-electron chi connectivity index (χ4n) is 1.71. The molecule has 0 aliphatic carbocycles. The van der Waals surface area contributed by atoms with Crippen LogP contribution in [0.15, 0.2) is 11.4 Å². The molecule has 0 amide bonds. The first-order valence-corrected chi connectivity index (χ1v) is 7.22. The minimum Gasteiger partial charge on any atom is -0.396 e.